The fraction of sp³-hybridized carbons (Fsp3) is 0.182. The van der Waals surface area contributed by atoms with Crippen LogP contribution in [-0.2, 0) is 6.54 Å². The van der Waals surface area contributed by atoms with Crippen LogP contribution in [0.25, 0.3) is 0 Å². The van der Waals surface area contributed by atoms with Crippen molar-refractivity contribution in [3.63, 3.8) is 0 Å². The monoisotopic (exact) mass is 343 g/mol. The summed E-state index contributed by atoms with van der Waals surface area (Å²) >= 11 is 6.88. The van der Waals surface area contributed by atoms with Crippen molar-refractivity contribution in [2.24, 2.45) is 0 Å². The molecule has 1 aromatic carbocycles. The number of hydrogen-bond donors (Lipinski definition) is 1. The lowest BCUT2D eigenvalue weighted by Crippen LogP contribution is -2.06. The number of nitrogens with zero attached hydrogens (tertiary/aromatic N) is 2. The second kappa shape index (κ2) is 4.59. The Hall–Kier alpha value is -0.810. The van der Waals surface area contributed by atoms with Crippen LogP contribution < -0.4 is 5.73 Å². The third-order valence-corrected chi connectivity index (χ3v) is 3.71. The fourth-order valence-corrected chi connectivity index (χ4v) is 2.35. The van der Waals surface area contributed by atoms with Crippen molar-refractivity contribution in [2.75, 3.05) is 5.73 Å². The van der Waals surface area contributed by atoms with Gasteiger partial charge in [-0.15, -0.1) is 0 Å². The number of anilines is 1. The minimum Gasteiger partial charge on any atom is -0.383 e. The quantitative estimate of drug-likeness (QED) is 0.907. The maximum atomic E-state index is 5.87. The molecular weight excluding hydrogens is 334 g/mol. The molecule has 0 radical (unpaired) electrons. The van der Waals surface area contributed by atoms with Crippen LogP contribution in [0.4, 0.5) is 5.82 Å². The van der Waals surface area contributed by atoms with Crippen molar-refractivity contribution in [1.82, 2.24) is 9.78 Å². The van der Waals surface area contributed by atoms with Crippen LogP contribution in [0.15, 0.2) is 33.3 Å². The third kappa shape index (κ3) is 2.30. The van der Waals surface area contributed by atoms with Gasteiger partial charge in [0.15, 0.2) is 0 Å². The minimum absolute atomic E-state index is 0.646. The Morgan fingerprint density at radius 2 is 2.06 bits per heavy atom. The van der Waals surface area contributed by atoms with Crippen LogP contribution in [0.2, 0.25) is 0 Å². The van der Waals surface area contributed by atoms with Gasteiger partial charge in [0.2, 0.25) is 0 Å². The van der Waals surface area contributed by atoms with Gasteiger partial charge in [-0.05, 0) is 40.0 Å². The number of benzene rings is 1. The van der Waals surface area contributed by atoms with Gasteiger partial charge >= 0.3 is 0 Å². The highest BCUT2D eigenvalue weighted by Crippen LogP contribution is 2.23. The van der Waals surface area contributed by atoms with E-state index in [0.29, 0.717) is 12.4 Å². The van der Waals surface area contributed by atoms with Gasteiger partial charge in [0.05, 0.1) is 17.2 Å². The molecule has 2 aromatic rings. The predicted molar refractivity (Wildman–Crippen MR) is 72.3 cm³/mol. The average Bonchev–Trinajstić information content (AvgIpc) is 2.54. The lowest BCUT2D eigenvalue weighted by atomic mass is 10.1. The standard InChI is InChI=1S/C11H11Br2N3/c1-7-2-3-8(9(12)4-7)6-16-11(14)10(13)5-15-16/h2-5H,6,14H2,1H3. The minimum atomic E-state index is 0.646. The van der Waals surface area contributed by atoms with Crippen molar-refractivity contribution in [2.45, 2.75) is 13.5 Å². The average molecular weight is 345 g/mol. The molecule has 1 aromatic heterocycles. The summed E-state index contributed by atoms with van der Waals surface area (Å²) in [5, 5.41) is 4.20. The molecule has 0 aliphatic heterocycles. The first kappa shape index (κ1) is 11.7. The second-order valence-corrected chi connectivity index (χ2v) is 5.34. The first-order chi connectivity index (χ1) is 7.58. The highest BCUT2D eigenvalue weighted by atomic mass is 79.9. The van der Waals surface area contributed by atoms with Gasteiger partial charge in [-0.3, -0.25) is 0 Å². The number of nitrogen functional groups attached to an aromatic ring is 1. The van der Waals surface area contributed by atoms with Crippen molar-refractivity contribution >= 4 is 37.7 Å². The Morgan fingerprint density at radius 1 is 1.31 bits per heavy atom. The molecule has 3 nitrogen and oxygen atoms in total. The molecule has 5 heteroatoms. The summed E-state index contributed by atoms with van der Waals surface area (Å²) in [6, 6.07) is 6.24. The molecule has 0 fully saturated rings. The van der Waals surface area contributed by atoms with Crippen molar-refractivity contribution in [3.05, 3.63) is 44.5 Å². The van der Waals surface area contributed by atoms with E-state index < -0.39 is 0 Å². The molecule has 0 unspecified atom stereocenters. The van der Waals surface area contributed by atoms with E-state index in [0.717, 1.165) is 14.5 Å². The molecule has 1 heterocycles. The van der Waals surface area contributed by atoms with Gasteiger partial charge in [-0.25, -0.2) is 4.68 Å². The van der Waals surface area contributed by atoms with Crippen molar-refractivity contribution in [1.29, 1.82) is 0 Å². The highest BCUT2D eigenvalue weighted by molar-refractivity contribution is 9.10. The molecule has 0 aliphatic carbocycles. The fourth-order valence-electron chi connectivity index (χ4n) is 1.44. The number of halogens is 2. The Balaban J connectivity index is 2.30. The summed E-state index contributed by atoms with van der Waals surface area (Å²) in [5.41, 5.74) is 8.26. The van der Waals surface area contributed by atoms with Crippen LogP contribution in [0.5, 0.6) is 0 Å². The number of nitrogens with two attached hydrogens (primary N) is 1. The van der Waals surface area contributed by atoms with E-state index >= 15 is 0 Å². The van der Waals surface area contributed by atoms with E-state index in [1.54, 1.807) is 10.9 Å². The van der Waals surface area contributed by atoms with Crippen LogP contribution in [0.3, 0.4) is 0 Å². The van der Waals surface area contributed by atoms with E-state index in [1.165, 1.54) is 5.56 Å². The van der Waals surface area contributed by atoms with Crippen LogP contribution in [0, 0.1) is 6.92 Å². The number of hydrogen-bond acceptors (Lipinski definition) is 2. The Kier molecular flexibility index (Phi) is 3.35. The van der Waals surface area contributed by atoms with Crippen LogP contribution >= 0.6 is 31.9 Å². The summed E-state index contributed by atoms with van der Waals surface area (Å²) in [6.07, 6.45) is 1.71. The third-order valence-electron chi connectivity index (χ3n) is 2.36. The van der Waals surface area contributed by atoms with Crippen molar-refractivity contribution in [3.8, 4) is 0 Å². The zero-order chi connectivity index (χ0) is 11.7. The molecule has 16 heavy (non-hydrogen) atoms. The summed E-state index contributed by atoms with van der Waals surface area (Å²) in [6.45, 7) is 2.73. The number of rotatable bonds is 2. The first-order valence-corrected chi connectivity index (χ1v) is 6.38. The largest absolute Gasteiger partial charge is 0.383 e. The first-order valence-electron chi connectivity index (χ1n) is 4.79. The molecule has 0 spiro atoms. The molecule has 0 amide bonds. The Morgan fingerprint density at radius 3 is 2.62 bits per heavy atom. The smallest absolute Gasteiger partial charge is 0.136 e. The maximum absolute atomic E-state index is 5.87. The van der Waals surface area contributed by atoms with Gasteiger partial charge in [0.25, 0.3) is 0 Å². The zero-order valence-corrected chi connectivity index (χ0v) is 11.9. The van der Waals surface area contributed by atoms with E-state index in [9.17, 15) is 0 Å². The topological polar surface area (TPSA) is 43.8 Å². The van der Waals surface area contributed by atoms with Gasteiger partial charge in [-0.2, -0.15) is 5.10 Å². The molecule has 0 aliphatic rings. The predicted octanol–water partition coefficient (Wildman–Crippen LogP) is 3.35. The van der Waals surface area contributed by atoms with Gasteiger partial charge in [0, 0.05) is 4.47 Å². The molecular formula is C11H11Br2N3. The van der Waals surface area contributed by atoms with Crippen molar-refractivity contribution < 1.29 is 0 Å². The zero-order valence-electron chi connectivity index (χ0n) is 8.74. The Labute approximate surface area is 111 Å². The molecule has 2 N–H and O–H groups in total. The number of aromatic nitrogens is 2. The number of aryl methyl sites for hydroxylation is 1. The van der Waals surface area contributed by atoms with E-state index in [1.807, 2.05) is 0 Å². The second-order valence-electron chi connectivity index (χ2n) is 3.63. The summed E-state index contributed by atoms with van der Waals surface area (Å²) < 4.78 is 3.67. The molecule has 0 saturated carbocycles. The molecule has 0 bridgehead atoms. The Bertz CT molecular complexity index is 520. The maximum Gasteiger partial charge on any atom is 0.136 e. The van der Waals surface area contributed by atoms with Gasteiger partial charge in [0.1, 0.15) is 5.82 Å². The highest BCUT2D eigenvalue weighted by Gasteiger charge is 2.07. The normalized spacial score (nSPS) is 10.7. The van der Waals surface area contributed by atoms with Crippen LogP contribution in [-0.4, -0.2) is 9.78 Å². The van der Waals surface area contributed by atoms with E-state index in [-0.39, 0.29) is 0 Å². The van der Waals surface area contributed by atoms with E-state index in [2.05, 4.69) is 62.1 Å². The summed E-state index contributed by atoms with van der Waals surface area (Å²) in [4.78, 5) is 0. The van der Waals surface area contributed by atoms with Crippen LogP contribution in [0.1, 0.15) is 11.1 Å². The lowest BCUT2D eigenvalue weighted by Gasteiger charge is -2.07. The SMILES string of the molecule is Cc1ccc(Cn2ncc(Br)c2N)c(Br)c1. The van der Waals surface area contributed by atoms with Gasteiger partial charge < -0.3 is 5.73 Å². The molecule has 0 atom stereocenters. The van der Waals surface area contributed by atoms with E-state index in [4.69, 9.17) is 5.73 Å². The molecule has 0 saturated heterocycles. The molecule has 84 valence electrons. The summed E-state index contributed by atoms with van der Waals surface area (Å²) in [5.74, 6) is 0.646. The molecule has 2 rings (SSSR count). The van der Waals surface area contributed by atoms with Gasteiger partial charge in [-0.1, -0.05) is 28.1 Å². The lowest BCUT2D eigenvalue weighted by molar-refractivity contribution is 0.695. The summed E-state index contributed by atoms with van der Waals surface area (Å²) in [7, 11) is 0.